The van der Waals surface area contributed by atoms with E-state index in [0.29, 0.717) is 5.56 Å². The first kappa shape index (κ1) is 15.6. The molecule has 0 amide bonds. The molecule has 0 aromatic heterocycles. The van der Waals surface area contributed by atoms with Crippen molar-refractivity contribution in [3.63, 3.8) is 0 Å². The van der Waals surface area contributed by atoms with Crippen molar-refractivity contribution >= 4 is 16.0 Å². The molecule has 1 aromatic carbocycles. The Labute approximate surface area is 111 Å². The summed E-state index contributed by atoms with van der Waals surface area (Å²) in [6, 6.07) is 3.46. The standard InChI is InChI=1S/C12H16FNO4S/c1-9-8-10(13)5-6-11(9)19(17,18)14(2)7-3-4-12(15)16/h5-6,8H,3-4,7H2,1-2H3,(H,15,16). The first-order chi connectivity index (χ1) is 8.75. The number of sulfonamides is 1. The van der Waals surface area contributed by atoms with Crippen LogP contribution in [0.4, 0.5) is 4.39 Å². The quantitative estimate of drug-likeness (QED) is 0.863. The molecule has 0 saturated carbocycles. The number of carboxylic acids is 1. The first-order valence-corrected chi connectivity index (χ1v) is 7.13. The molecule has 106 valence electrons. The molecular weight excluding hydrogens is 273 g/mol. The van der Waals surface area contributed by atoms with Gasteiger partial charge in [0.2, 0.25) is 10.0 Å². The number of carboxylic acid groups (broad SMARTS) is 1. The van der Waals surface area contributed by atoms with Crippen LogP contribution >= 0.6 is 0 Å². The van der Waals surface area contributed by atoms with Crippen molar-refractivity contribution in [3.8, 4) is 0 Å². The Hall–Kier alpha value is -1.47. The fourth-order valence-electron chi connectivity index (χ4n) is 1.64. The third kappa shape index (κ3) is 4.00. The van der Waals surface area contributed by atoms with Gasteiger partial charge in [0.05, 0.1) is 4.90 Å². The molecule has 0 radical (unpaired) electrons. The number of benzene rings is 1. The van der Waals surface area contributed by atoms with Crippen molar-refractivity contribution in [2.75, 3.05) is 13.6 Å². The molecule has 0 aliphatic rings. The second-order valence-corrected chi connectivity index (χ2v) is 6.25. The molecular formula is C12H16FNO4S. The summed E-state index contributed by atoms with van der Waals surface area (Å²) in [6.45, 7) is 1.62. The Bertz CT molecular complexity index is 571. The average molecular weight is 289 g/mol. The molecule has 1 N–H and O–H groups in total. The van der Waals surface area contributed by atoms with E-state index in [9.17, 15) is 17.6 Å². The summed E-state index contributed by atoms with van der Waals surface area (Å²) in [5.74, 6) is -1.46. The maximum Gasteiger partial charge on any atom is 0.303 e. The number of hydrogen-bond donors (Lipinski definition) is 1. The Morgan fingerprint density at radius 2 is 2.05 bits per heavy atom. The van der Waals surface area contributed by atoms with E-state index in [1.807, 2.05) is 0 Å². The number of rotatable bonds is 6. The highest BCUT2D eigenvalue weighted by molar-refractivity contribution is 7.89. The van der Waals surface area contributed by atoms with E-state index in [0.717, 1.165) is 16.4 Å². The monoisotopic (exact) mass is 289 g/mol. The molecule has 0 spiro atoms. The summed E-state index contributed by atoms with van der Waals surface area (Å²) in [5, 5.41) is 8.51. The number of carbonyl (C=O) groups is 1. The van der Waals surface area contributed by atoms with Gasteiger partial charge in [-0.25, -0.2) is 17.1 Å². The molecule has 1 aromatic rings. The Morgan fingerprint density at radius 3 is 2.58 bits per heavy atom. The molecule has 0 saturated heterocycles. The van der Waals surface area contributed by atoms with Crippen LogP contribution in [-0.2, 0) is 14.8 Å². The second-order valence-electron chi connectivity index (χ2n) is 4.23. The summed E-state index contributed by atoms with van der Waals surface area (Å²) >= 11 is 0. The zero-order chi connectivity index (χ0) is 14.6. The normalized spacial score (nSPS) is 11.8. The largest absolute Gasteiger partial charge is 0.481 e. The summed E-state index contributed by atoms with van der Waals surface area (Å²) in [6.07, 6.45) is 0.133. The molecule has 7 heteroatoms. The Balaban J connectivity index is 2.87. The lowest BCUT2D eigenvalue weighted by Crippen LogP contribution is -2.28. The Morgan fingerprint density at radius 1 is 1.42 bits per heavy atom. The molecule has 0 unspecified atom stereocenters. The smallest absolute Gasteiger partial charge is 0.303 e. The molecule has 0 fully saturated rings. The number of hydrogen-bond acceptors (Lipinski definition) is 3. The van der Waals surface area contributed by atoms with Crippen LogP contribution in [0.5, 0.6) is 0 Å². The zero-order valence-electron chi connectivity index (χ0n) is 10.8. The topological polar surface area (TPSA) is 74.7 Å². The van der Waals surface area contributed by atoms with Crippen LogP contribution in [0.25, 0.3) is 0 Å². The van der Waals surface area contributed by atoms with Crippen molar-refractivity contribution in [2.45, 2.75) is 24.7 Å². The predicted molar refractivity (Wildman–Crippen MR) is 67.8 cm³/mol. The fourth-order valence-corrected chi connectivity index (χ4v) is 3.05. The molecule has 0 aliphatic heterocycles. The minimum Gasteiger partial charge on any atom is -0.481 e. The molecule has 19 heavy (non-hydrogen) atoms. The van der Waals surface area contributed by atoms with Crippen LogP contribution in [0.3, 0.4) is 0 Å². The van der Waals surface area contributed by atoms with Gasteiger partial charge < -0.3 is 5.11 Å². The SMILES string of the molecule is Cc1cc(F)ccc1S(=O)(=O)N(C)CCCC(=O)O. The molecule has 1 rings (SSSR count). The van der Waals surface area contributed by atoms with Gasteiger partial charge in [-0.3, -0.25) is 4.79 Å². The molecule has 0 heterocycles. The van der Waals surface area contributed by atoms with Crippen LogP contribution < -0.4 is 0 Å². The van der Waals surface area contributed by atoms with Crippen LogP contribution in [0.2, 0.25) is 0 Å². The van der Waals surface area contributed by atoms with Gasteiger partial charge in [-0.1, -0.05) is 0 Å². The minimum atomic E-state index is -3.71. The number of nitrogens with zero attached hydrogens (tertiary/aromatic N) is 1. The predicted octanol–water partition coefficient (Wildman–Crippen LogP) is 1.62. The summed E-state index contributed by atoms with van der Waals surface area (Å²) in [4.78, 5) is 10.4. The van der Waals surface area contributed by atoms with Crippen molar-refractivity contribution in [1.29, 1.82) is 0 Å². The lowest BCUT2D eigenvalue weighted by Gasteiger charge is -2.18. The van der Waals surface area contributed by atoms with Crippen LogP contribution in [0, 0.1) is 12.7 Å². The third-order valence-corrected chi connectivity index (χ3v) is 4.71. The zero-order valence-corrected chi connectivity index (χ0v) is 11.6. The van der Waals surface area contributed by atoms with Gasteiger partial charge >= 0.3 is 5.97 Å². The number of aliphatic carboxylic acids is 1. The molecule has 0 aliphatic carbocycles. The van der Waals surface area contributed by atoms with Crippen molar-refractivity contribution in [2.24, 2.45) is 0 Å². The van der Waals surface area contributed by atoms with E-state index in [2.05, 4.69) is 0 Å². The van der Waals surface area contributed by atoms with Gasteiger partial charge in [-0.2, -0.15) is 0 Å². The van der Waals surface area contributed by atoms with E-state index in [1.54, 1.807) is 0 Å². The lowest BCUT2D eigenvalue weighted by atomic mass is 10.2. The average Bonchev–Trinajstić information content (AvgIpc) is 2.27. The maximum atomic E-state index is 13.0. The van der Waals surface area contributed by atoms with Crippen LogP contribution in [-0.4, -0.2) is 37.4 Å². The molecule has 0 bridgehead atoms. The highest BCUT2D eigenvalue weighted by atomic mass is 32.2. The Kier molecular flexibility index (Phi) is 5.02. The van der Waals surface area contributed by atoms with Crippen LogP contribution in [0.15, 0.2) is 23.1 Å². The molecule has 0 atom stereocenters. The summed E-state index contributed by atoms with van der Waals surface area (Å²) in [7, 11) is -2.34. The molecule has 5 nitrogen and oxygen atoms in total. The van der Waals surface area contributed by atoms with Gasteiger partial charge in [-0.05, 0) is 37.1 Å². The summed E-state index contributed by atoms with van der Waals surface area (Å²) in [5.41, 5.74) is 0.324. The number of halogens is 1. The minimum absolute atomic E-state index is 0.0340. The second kappa shape index (κ2) is 6.12. The van der Waals surface area contributed by atoms with Crippen molar-refractivity contribution < 1.29 is 22.7 Å². The van der Waals surface area contributed by atoms with Gasteiger partial charge in [0.15, 0.2) is 0 Å². The van der Waals surface area contributed by atoms with Crippen molar-refractivity contribution in [3.05, 3.63) is 29.6 Å². The van der Waals surface area contributed by atoms with Gasteiger partial charge in [0.1, 0.15) is 5.82 Å². The van der Waals surface area contributed by atoms with E-state index < -0.39 is 21.8 Å². The van der Waals surface area contributed by atoms with Crippen molar-refractivity contribution in [1.82, 2.24) is 4.31 Å². The van der Waals surface area contributed by atoms with E-state index in [-0.39, 0.29) is 24.3 Å². The number of aryl methyl sites for hydroxylation is 1. The lowest BCUT2D eigenvalue weighted by molar-refractivity contribution is -0.137. The van der Waals surface area contributed by atoms with Crippen LogP contribution in [0.1, 0.15) is 18.4 Å². The van der Waals surface area contributed by atoms with E-state index in [1.165, 1.54) is 20.0 Å². The van der Waals surface area contributed by atoms with E-state index >= 15 is 0 Å². The third-order valence-electron chi connectivity index (χ3n) is 2.69. The fraction of sp³-hybridized carbons (Fsp3) is 0.417. The van der Waals surface area contributed by atoms with Gasteiger partial charge in [0, 0.05) is 20.0 Å². The van der Waals surface area contributed by atoms with Gasteiger partial charge in [0.25, 0.3) is 0 Å². The summed E-state index contributed by atoms with van der Waals surface area (Å²) < 4.78 is 38.4. The highest BCUT2D eigenvalue weighted by Crippen LogP contribution is 2.20. The first-order valence-electron chi connectivity index (χ1n) is 5.69. The van der Waals surface area contributed by atoms with Gasteiger partial charge in [-0.15, -0.1) is 0 Å². The van der Waals surface area contributed by atoms with E-state index in [4.69, 9.17) is 5.11 Å². The maximum absolute atomic E-state index is 13.0. The highest BCUT2D eigenvalue weighted by Gasteiger charge is 2.22.